The third kappa shape index (κ3) is 4.56. The van der Waals surface area contributed by atoms with Crippen LogP contribution in [0.1, 0.15) is 64.5 Å². The number of carboxylic acids is 1. The first-order valence-electron chi connectivity index (χ1n) is 12.3. The van der Waals surface area contributed by atoms with E-state index >= 15 is 0 Å². The van der Waals surface area contributed by atoms with Crippen LogP contribution in [0.15, 0.2) is 47.8 Å². The molecule has 0 bridgehead atoms. The second-order valence-corrected chi connectivity index (χ2v) is 11.4. The van der Waals surface area contributed by atoms with Crippen LogP contribution in [0.25, 0.3) is 0 Å². The minimum absolute atomic E-state index is 0.171. The van der Waals surface area contributed by atoms with E-state index in [-0.39, 0.29) is 11.7 Å². The predicted molar refractivity (Wildman–Crippen MR) is 135 cm³/mol. The van der Waals surface area contributed by atoms with E-state index in [1.165, 1.54) is 11.8 Å². The summed E-state index contributed by atoms with van der Waals surface area (Å²) >= 11 is -2.14. The van der Waals surface area contributed by atoms with Gasteiger partial charge in [-0.05, 0) is 44.7 Å². The Balaban J connectivity index is 1.74. The van der Waals surface area contributed by atoms with Crippen LogP contribution < -0.4 is 0 Å². The zero-order valence-electron chi connectivity index (χ0n) is 21.1. The van der Waals surface area contributed by atoms with Crippen molar-refractivity contribution < 1.29 is 27.9 Å². The second-order valence-electron chi connectivity index (χ2n) is 10.2. The number of aliphatic carboxylic acids is 1. The zero-order chi connectivity index (χ0) is 27.1. The molecule has 37 heavy (non-hydrogen) atoms. The predicted octanol–water partition coefficient (Wildman–Crippen LogP) is 2.87. The second kappa shape index (κ2) is 10.3. The van der Waals surface area contributed by atoms with Gasteiger partial charge in [0.2, 0.25) is 0 Å². The van der Waals surface area contributed by atoms with Crippen molar-refractivity contribution in [1.29, 1.82) is 0 Å². The van der Waals surface area contributed by atoms with Crippen LogP contribution in [0, 0.1) is 4.91 Å². The van der Waals surface area contributed by atoms with E-state index < -0.39 is 58.0 Å². The molecule has 11 nitrogen and oxygen atoms in total. The molecule has 1 aliphatic carbocycles. The molecule has 200 valence electrons. The van der Waals surface area contributed by atoms with Crippen LogP contribution in [0.5, 0.6) is 0 Å². The Morgan fingerprint density at radius 1 is 1.16 bits per heavy atom. The lowest BCUT2D eigenvalue weighted by Crippen LogP contribution is -2.77. The fraction of sp³-hybridized carbons (Fsp3) is 0.560. The SMILES string of the molecule is C=C(C)C(C(=O)O)N1C(=O)C(N2C(=O)C(c3ccccc3)N(N=O)C2(C)C)C1S(=O)OC1CCCCC1. The highest BCUT2D eigenvalue weighted by atomic mass is 32.2. The number of amides is 2. The number of carbonyl (C=O) groups is 3. The molecule has 5 unspecified atom stereocenters. The van der Waals surface area contributed by atoms with Gasteiger partial charge in [0.1, 0.15) is 11.7 Å². The van der Waals surface area contributed by atoms with Crippen LogP contribution in [-0.2, 0) is 29.6 Å². The third-order valence-electron chi connectivity index (χ3n) is 7.36. The third-order valence-corrected chi connectivity index (χ3v) is 8.70. The number of nitroso groups, excluding NO2 is 1. The Hall–Kier alpha value is -3.12. The number of likely N-dealkylation sites (tertiary alicyclic amines) is 1. The molecule has 2 amide bonds. The Kier molecular flexibility index (Phi) is 7.52. The van der Waals surface area contributed by atoms with Crippen molar-refractivity contribution in [1.82, 2.24) is 14.8 Å². The molecule has 1 aromatic carbocycles. The van der Waals surface area contributed by atoms with Crippen LogP contribution in [-0.4, -0.2) is 71.1 Å². The van der Waals surface area contributed by atoms with E-state index in [1.54, 1.807) is 44.2 Å². The molecule has 0 radical (unpaired) electrons. The highest BCUT2D eigenvalue weighted by molar-refractivity contribution is 7.81. The van der Waals surface area contributed by atoms with E-state index in [1.807, 2.05) is 0 Å². The fourth-order valence-electron chi connectivity index (χ4n) is 5.58. The minimum atomic E-state index is -2.14. The van der Waals surface area contributed by atoms with Gasteiger partial charge >= 0.3 is 5.97 Å². The van der Waals surface area contributed by atoms with Gasteiger partial charge in [-0.15, -0.1) is 4.91 Å². The van der Waals surface area contributed by atoms with Gasteiger partial charge in [0.05, 0.1) is 11.4 Å². The smallest absolute Gasteiger partial charge is 0.330 e. The van der Waals surface area contributed by atoms with Gasteiger partial charge in [-0.1, -0.05) is 56.2 Å². The van der Waals surface area contributed by atoms with Crippen LogP contribution >= 0.6 is 0 Å². The van der Waals surface area contributed by atoms with Crippen LogP contribution in [0.3, 0.4) is 0 Å². The van der Waals surface area contributed by atoms with Gasteiger partial charge in [-0.3, -0.25) is 13.8 Å². The highest BCUT2D eigenvalue weighted by Gasteiger charge is 2.66. The molecule has 0 aromatic heterocycles. The number of nitrogens with zero attached hydrogens (tertiary/aromatic N) is 4. The van der Waals surface area contributed by atoms with E-state index in [0.717, 1.165) is 29.2 Å². The highest BCUT2D eigenvalue weighted by Crippen LogP contribution is 2.46. The molecule has 2 aliphatic heterocycles. The number of hydrogen-bond donors (Lipinski definition) is 1. The normalized spacial score (nSPS) is 27.5. The minimum Gasteiger partial charge on any atom is -0.479 e. The lowest BCUT2D eigenvalue weighted by molar-refractivity contribution is -0.172. The van der Waals surface area contributed by atoms with Gasteiger partial charge in [0.25, 0.3) is 11.8 Å². The molecule has 0 spiro atoms. The maximum absolute atomic E-state index is 13.8. The summed E-state index contributed by atoms with van der Waals surface area (Å²) in [5, 5.41) is 12.8. The summed E-state index contributed by atoms with van der Waals surface area (Å²) in [4.78, 5) is 53.6. The maximum Gasteiger partial charge on any atom is 0.330 e. The van der Waals surface area contributed by atoms with E-state index in [9.17, 15) is 28.6 Å². The standard InChI is InChI=1S/C25H32N4O7S/c1-15(2)18(24(32)33)27-21(30)20(23(27)37(35)36-17-13-9-6-10-14-17)28-22(31)19(16-11-7-5-8-12-16)29(26-34)25(28,3)4/h5,7-8,11-12,17-20,23H,1,6,9-10,13-14H2,2-4H3,(H,32,33). The molecule has 1 aromatic rings. The van der Waals surface area contributed by atoms with Crippen molar-refractivity contribution in [3.63, 3.8) is 0 Å². The molecular weight excluding hydrogens is 500 g/mol. The van der Waals surface area contributed by atoms with Crippen molar-refractivity contribution in [2.24, 2.45) is 5.29 Å². The lowest BCUT2D eigenvalue weighted by Gasteiger charge is -2.53. The van der Waals surface area contributed by atoms with Crippen molar-refractivity contribution in [3.8, 4) is 0 Å². The lowest BCUT2D eigenvalue weighted by atomic mass is 9.96. The average molecular weight is 533 g/mol. The maximum atomic E-state index is 13.8. The van der Waals surface area contributed by atoms with Crippen molar-refractivity contribution in [2.75, 3.05) is 0 Å². The number of carbonyl (C=O) groups excluding carboxylic acids is 2. The summed E-state index contributed by atoms with van der Waals surface area (Å²) in [5.41, 5.74) is -0.696. The van der Waals surface area contributed by atoms with E-state index in [0.29, 0.717) is 18.4 Å². The molecule has 5 atom stereocenters. The van der Waals surface area contributed by atoms with Crippen molar-refractivity contribution in [3.05, 3.63) is 53.0 Å². The molecule has 2 heterocycles. The van der Waals surface area contributed by atoms with E-state index in [2.05, 4.69) is 11.9 Å². The molecule has 1 saturated carbocycles. The fourth-order valence-corrected chi connectivity index (χ4v) is 7.01. The first-order valence-corrected chi connectivity index (χ1v) is 13.4. The Labute approximate surface area is 218 Å². The number of rotatable bonds is 9. The van der Waals surface area contributed by atoms with Gasteiger partial charge in [-0.2, -0.15) is 0 Å². The quantitative estimate of drug-likeness (QED) is 0.291. The monoisotopic (exact) mass is 532 g/mol. The van der Waals surface area contributed by atoms with Gasteiger partial charge < -0.3 is 14.9 Å². The molecule has 12 heteroatoms. The Bertz CT molecular complexity index is 1110. The molecule has 1 N–H and O–H groups in total. The van der Waals surface area contributed by atoms with Crippen molar-refractivity contribution in [2.45, 2.75) is 88.1 Å². The van der Waals surface area contributed by atoms with E-state index in [4.69, 9.17) is 4.18 Å². The largest absolute Gasteiger partial charge is 0.479 e. The topological polar surface area (TPSA) is 137 Å². The Morgan fingerprint density at radius 2 is 1.78 bits per heavy atom. The summed E-state index contributed by atoms with van der Waals surface area (Å²) in [6.45, 7) is 8.32. The van der Waals surface area contributed by atoms with Gasteiger partial charge in [-0.25, -0.2) is 14.0 Å². The summed E-state index contributed by atoms with van der Waals surface area (Å²) in [7, 11) is 0. The zero-order valence-corrected chi connectivity index (χ0v) is 21.9. The van der Waals surface area contributed by atoms with Gasteiger partial charge in [0, 0.05) is 0 Å². The number of carboxylic acid groups (broad SMARTS) is 1. The molecular formula is C25H32N4O7S. The van der Waals surface area contributed by atoms with Crippen LogP contribution in [0.2, 0.25) is 0 Å². The first kappa shape index (κ1) is 26.9. The number of benzene rings is 1. The summed E-state index contributed by atoms with van der Waals surface area (Å²) in [6.07, 6.45) is 3.98. The average Bonchev–Trinajstić information content (AvgIpc) is 3.05. The van der Waals surface area contributed by atoms with Crippen LogP contribution in [0.4, 0.5) is 0 Å². The number of β-lactam (4-membered cyclic amide) rings is 1. The van der Waals surface area contributed by atoms with Crippen molar-refractivity contribution >= 4 is 28.9 Å². The molecule has 4 rings (SSSR count). The molecule has 3 aliphatic rings. The summed E-state index contributed by atoms with van der Waals surface area (Å²) in [5.74, 6) is -2.61. The molecule has 2 saturated heterocycles. The summed E-state index contributed by atoms with van der Waals surface area (Å²) in [6, 6.07) is 4.71. The Morgan fingerprint density at radius 3 is 2.32 bits per heavy atom. The van der Waals surface area contributed by atoms with Gasteiger partial charge in [0.15, 0.2) is 28.5 Å². The molecule has 3 fully saturated rings. The summed E-state index contributed by atoms with van der Waals surface area (Å²) < 4.78 is 19.5. The number of hydrogen-bond acceptors (Lipinski definition) is 7. The first-order chi connectivity index (χ1) is 17.5.